The van der Waals surface area contributed by atoms with Crippen LogP contribution in [-0.2, 0) is 19.4 Å². The molecule has 0 N–H and O–H groups in total. The lowest BCUT2D eigenvalue weighted by molar-refractivity contribution is 0.290. The zero-order valence-corrected chi connectivity index (χ0v) is 15.3. The van der Waals surface area contributed by atoms with Gasteiger partial charge in [0.1, 0.15) is 12.4 Å². The van der Waals surface area contributed by atoms with E-state index in [1.165, 1.54) is 23.1 Å². The molecule has 25 heavy (non-hydrogen) atoms. The summed E-state index contributed by atoms with van der Waals surface area (Å²) in [6.45, 7) is 2.60. The second kappa shape index (κ2) is 6.92. The average molecular weight is 351 g/mol. The molecule has 1 aromatic heterocycles. The van der Waals surface area contributed by atoms with Crippen molar-refractivity contribution in [2.45, 2.75) is 37.9 Å². The molecule has 4 rings (SSSR count). The number of fused-ring (bicyclic) bond motifs is 1. The van der Waals surface area contributed by atoms with E-state index in [2.05, 4.69) is 46.0 Å². The van der Waals surface area contributed by atoms with Gasteiger partial charge in [-0.3, -0.25) is 4.57 Å². The Kier molecular flexibility index (Phi) is 4.49. The highest BCUT2D eigenvalue weighted by molar-refractivity contribution is 7.98. The van der Waals surface area contributed by atoms with Crippen molar-refractivity contribution in [2.24, 2.45) is 0 Å². The van der Waals surface area contributed by atoms with E-state index in [4.69, 9.17) is 4.74 Å². The standard InChI is InChI=1S/C20H21N3OS/c1-14-11-12-18(17-10-6-9-16(14)17)24-13-19-21-22-20(25-2)23(19)15-7-4-3-5-8-15/h3-5,7-8,11-12H,6,9-10,13H2,1-2H3. The van der Waals surface area contributed by atoms with Gasteiger partial charge in [0.05, 0.1) is 0 Å². The minimum atomic E-state index is 0.415. The van der Waals surface area contributed by atoms with Gasteiger partial charge in [-0.15, -0.1) is 10.2 Å². The fourth-order valence-corrected chi connectivity index (χ4v) is 4.01. The fraction of sp³-hybridized carbons (Fsp3) is 0.300. The predicted molar refractivity (Wildman–Crippen MR) is 101 cm³/mol. The maximum Gasteiger partial charge on any atom is 0.195 e. The van der Waals surface area contributed by atoms with E-state index in [-0.39, 0.29) is 0 Å². The Bertz CT molecular complexity index is 889. The lowest BCUT2D eigenvalue weighted by Crippen LogP contribution is -2.07. The Morgan fingerprint density at radius 3 is 2.64 bits per heavy atom. The molecular weight excluding hydrogens is 330 g/mol. The van der Waals surface area contributed by atoms with Crippen molar-refractivity contribution in [2.75, 3.05) is 6.26 Å². The molecule has 2 aromatic carbocycles. The Balaban J connectivity index is 1.63. The SMILES string of the molecule is CSc1nnc(COc2ccc(C)c3c2CCC3)n1-c1ccccc1. The molecule has 0 saturated carbocycles. The van der Waals surface area contributed by atoms with Crippen LogP contribution in [0, 0.1) is 6.92 Å². The monoisotopic (exact) mass is 351 g/mol. The second-order valence-electron chi connectivity index (χ2n) is 6.25. The maximum absolute atomic E-state index is 6.18. The number of ether oxygens (including phenoxy) is 1. The fourth-order valence-electron chi connectivity index (χ4n) is 3.49. The maximum atomic E-state index is 6.18. The number of hydrogen-bond acceptors (Lipinski definition) is 4. The highest BCUT2D eigenvalue weighted by Gasteiger charge is 2.19. The van der Waals surface area contributed by atoms with E-state index in [9.17, 15) is 0 Å². The number of para-hydroxylation sites is 1. The molecule has 5 heteroatoms. The first-order valence-corrected chi connectivity index (χ1v) is 9.78. The summed E-state index contributed by atoms with van der Waals surface area (Å²) in [5.74, 6) is 1.81. The van der Waals surface area contributed by atoms with Gasteiger partial charge in [-0.25, -0.2) is 0 Å². The summed E-state index contributed by atoms with van der Waals surface area (Å²) in [6, 6.07) is 14.4. The summed E-state index contributed by atoms with van der Waals surface area (Å²) >= 11 is 1.59. The van der Waals surface area contributed by atoms with E-state index >= 15 is 0 Å². The number of thioether (sulfide) groups is 1. The van der Waals surface area contributed by atoms with Crippen molar-refractivity contribution in [3.63, 3.8) is 0 Å². The van der Waals surface area contributed by atoms with Crippen LogP contribution in [0.5, 0.6) is 5.75 Å². The molecule has 1 aliphatic carbocycles. The van der Waals surface area contributed by atoms with Gasteiger partial charge < -0.3 is 4.74 Å². The summed E-state index contributed by atoms with van der Waals surface area (Å²) in [6.07, 6.45) is 5.50. The van der Waals surface area contributed by atoms with Crippen molar-refractivity contribution < 1.29 is 4.74 Å². The first-order chi connectivity index (χ1) is 12.3. The zero-order chi connectivity index (χ0) is 17.2. The van der Waals surface area contributed by atoms with E-state index in [0.29, 0.717) is 6.61 Å². The Morgan fingerprint density at radius 2 is 1.84 bits per heavy atom. The molecule has 0 amide bonds. The van der Waals surface area contributed by atoms with Crippen molar-refractivity contribution in [1.29, 1.82) is 0 Å². The van der Waals surface area contributed by atoms with Gasteiger partial charge in [0, 0.05) is 5.69 Å². The molecule has 128 valence electrons. The molecule has 1 heterocycles. The van der Waals surface area contributed by atoms with Crippen molar-refractivity contribution in [3.05, 3.63) is 65.0 Å². The van der Waals surface area contributed by atoms with E-state index in [1.54, 1.807) is 11.8 Å². The molecule has 0 saturated heterocycles. The lowest BCUT2D eigenvalue weighted by Gasteiger charge is -2.13. The van der Waals surface area contributed by atoms with Crippen LogP contribution in [0.25, 0.3) is 5.69 Å². The third-order valence-corrected chi connectivity index (χ3v) is 5.36. The molecule has 4 nitrogen and oxygen atoms in total. The third-order valence-electron chi connectivity index (χ3n) is 4.73. The summed E-state index contributed by atoms with van der Waals surface area (Å²) < 4.78 is 8.25. The average Bonchev–Trinajstić information content (AvgIpc) is 3.29. The van der Waals surface area contributed by atoms with Gasteiger partial charge in [0.2, 0.25) is 0 Å². The summed E-state index contributed by atoms with van der Waals surface area (Å²) in [5, 5.41) is 9.54. The Morgan fingerprint density at radius 1 is 1.04 bits per heavy atom. The lowest BCUT2D eigenvalue weighted by atomic mass is 10.0. The minimum absolute atomic E-state index is 0.415. The first kappa shape index (κ1) is 16.2. The molecule has 0 spiro atoms. The van der Waals surface area contributed by atoms with Crippen LogP contribution < -0.4 is 4.74 Å². The number of nitrogens with zero attached hydrogens (tertiary/aromatic N) is 3. The van der Waals surface area contributed by atoms with E-state index in [0.717, 1.165) is 35.3 Å². The van der Waals surface area contributed by atoms with Gasteiger partial charge in [0.15, 0.2) is 11.0 Å². The zero-order valence-electron chi connectivity index (χ0n) is 14.5. The normalized spacial score (nSPS) is 13.0. The predicted octanol–water partition coefficient (Wildman–Crippen LogP) is 4.37. The van der Waals surface area contributed by atoms with Crippen molar-refractivity contribution in [3.8, 4) is 11.4 Å². The second-order valence-corrected chi connectivity index (χ2v) is 7.03. The molecule has 3 aromatic rings. The number of rotatable bonds is 5. The quantitative estimate of drug-likeness (QED) is 0.640. The van der Waals surface area contributed by atoms with Crippen LogP contribution in [0.2, 0.25) is 0 Å². The molecule has 0 bridgehead atoms. The van der Waals surface area contributed by atoms with E-state index in [1.807, 2.05) is 24.5 Å². The molecule has 0 radical (unpaired) electrons. The van der Waals surface area contributed by atoms with Crippen LogP contribution in [0.4, 0.5) is 0 Å². The summed E-state index contributed by atoms with van der Waals surface area (Å²) in [4.78, 5) is 0. The smallest absolute Gasteiger partial charge is 0.195 e. The van der Waals surface area contributed by atoms with Crippen LogP contribution in [0.1, 0.15) is 28.9 Å². The van der Waals surface area contributed by atoms with E-state index < -0.39 is 0 Å². The highest BCUT2D eigenvalue weighted by Crippen LogP contribution is 2.33. The molecule has 0 aliphatic heterocycles. The topological polar surface area (TPSA) is 39.9 Å². The van der Waals surface area contributed by atoms with Gasteiger partial charge in [-0.2, -0.15) is 0 Å². The van der Waals surface area contributed by atoms with Crippen LogP contribution >= 0.6 is 11.8 Å². The number of aromatic nitrogens is 3. The highest BCUT2D eigenvalue weighted by atomic mass is 32.2. The Labute approximate surface area is 152 Å². The largest absolute Gasteiger partial charge is 0.485 e. The molecule has 0 unspecified atom stereocenters. The van der Waals surface area contributed by atoms with Crippen LogP contribution in [-0.4, -0.2) is 21.0 Å². The Hall–Kier alpha value is -2.27. The summed E-state index contributed by atoms with van der Waals surface area (Å²) in [5.41, 5.74) is 5.27. The van der Waals surface area contributed by atoms with Gasteiger partial charge >= 0.3 is 0 Å². The van der Waals surface area contributed by atoms with Crippen molar-refractivity contribution >= 4 is 11.8 Å². The summed E-state index contributed by atoms with van der Waals surface area (Å²) in [7, 11) is 0. The molecule has 0 fully saturated rings. The number of hydrogen-bond donors (Lipinski definition) is 0. The molecule has 1 aliphatic rings. The van der Waals surface area contributed by atoms with Gasteiger partial charge in [0.25, 0.3) is 0 Å². The minimum Gasteiger partial charge on any atom is -0.485 e. The third kappa shape index (κ3) is 3.04. The van der Waals surface area contributed by atoms with Gasteiger partial charge in [-0.05, 0) is 67.3 Å². The number of aryl methyl sites for hydroxylation is 1. The van der Waals surface area contributed by atoms with Crippen molar-refractivity contribution in [1.82, 2.24) is 14.8 Å². The van der Waals surface area contributed by atoms with Crippen LogP contribution in [0.15, 0.2) is 47.6 Å². The van der Waals surface area contributed by atoms with Gasteiger partial charge in [-0.1, -0.05) is 36.0 Å². The number of benzene rings is 2. The van der Waals surface area contributed by atoms with Crippen LogP contribution in [0.3, 0.4) is 0 Å². The molecule has 0 atom stereocenters. The first-order valence-electron chi connectivity index (χ1n) is 8.56. The molecular formula is C20H21N3OS.